The van der Waals surface area contributed by atoms with Crippen LogP contribution in [0.25, 0.3) is 0 Å². The number of likely N-dealkylation sites (tertiary alicyclic amines) is 1. The maximum Gasteiger partial charge on any atom is 0.235 e. The predicted octanol–water partition coefficient (Wildman–Crippen LogP) is 5.20. The molecule has 5 rings (SSSR count). The Morgan fingerprint density at radius 1 is 1.16 bits per heavy atom. The van der Waals surface area contributed by atoms with E-state index in [9.17, 15) is 9.59 Å². The van der Waals surface area contributed by atoms with Crippen molar-refractivity contribution in [2.45, 2.75) is 70.8 Å². The Bertz CT molecular complexity index is 1180. The quantitative estimate of drug-likeness (QED) is 0.513. The van der Waals surface area contributed by atoms with Gasteiger partial charge in [0, 0.05) is 29.7 Å². The number of ether oxygens (including phenoxy) is 1. The lowest BCUT2D eigenvalue weighted by molar-refractivity contribution is -0.122. The molecule has 7 nitrogen and oxygen atoms in total. The Kier molecular flexibility index (Phi) is 7.46. The second-order valence-corrected chi connectivity index (χ2v) is 11.5. The van der Waals surface area contributed by atoms with Crippen LogP contribution in [-0.4, -0.2) is 54.0 Å². The number of anilines is 2. The summed E-state index contributed by atoms with van der Waals surface area (Å²) >= 11 is 6.24. The maximum atomic E-state index is 12.9. The number of nitrogens with one attached hydrogen (secondary N) is 1. The number of hydrogen-bond donors (Lipinski definition) is 1. The van der Waals surface area contributed by atoms with Crippen LogP contribution in [0.15, 0.2) is 30.5 Å². The highest BCUT2D eigenvalue weighted by Gasteiger charge is 2.48. The van der Waals surface area contributed by atoms with Gasteiger partial charge in [0.05, 0.1) is 11.6 Å². The fraction of sp³-hybridized carbons (Fsp3) is 0.552. The van der Waals surface area contributed by atoms with Crippen LogP contribution in [0, 0.1) is 5.92 Å². The molecule has 8 heteroatoms. The second-order valence-electron chi connectivity index (χ2n) is 11.0. The molecule has 198 valence electrons. The summed E-state index contributed by atoms with van der Waals surface area (Å²) in [6.45, 7) is 9.53. The molecule has 2 amide bonds. The van der Waals surface area contributed by atoms with Crippen LogP contribution >= 0.6 is 11.6 Å². The van der Waals surface area contributed by atoms with E-state index in [4.69, 9.17) is 16.3 Å². The lowest BCUT2D eigenvalue weighted by Gasteiger charge is -2.38. The Hall–Kier alpha value is -2.64. The second kappa shape index (κ2) is 10.6. The number of aromatic nitrogens is 1. The van der Waals surface area contributed by atoms with Crippen molar-refractivity contribution in [3.8, 4) is 5.75 Å². The molecule has 0 aliphatic carbocycles. The summed E-state index contributed by atoms with van der Waals surface area (Å²) in [5.74, 6) is 2.33. The fourth-order valence-corrected chi connectivity index (χ4v) is 6.32. The molecule has 3 aliphatic rings. The van der Waals surface area contributed by atoms with Gasteiger partial charge in [-0.1, -0.05) is 32.4 Å². The Balaban J connectivity index is 1.18. The van der Waals surface area contributed by atoms with E-state index < -0.39 is 5.41 Å². The molecule has 1 aromatic heterocycles. The molecule has 0 saturated carbocycles. The van der Waals surface area contributed by atoms with Gasteiger partial charge in [-0.3, -0.25) is 19.4 Å². The Labute approximate surface area is 224 Å². The molecule has 37 heavy (non-hydrogen) atoms. The maximum absolute atomic E-state index is 12.9. The number of benzene rings is 1. The van der Waals surface area contributed by atoms with E-state index in [1.54, 1.807) is 6.20 Å². The summed E-state index contributed by atoms with van der Waals surface area (Å²) in [6.07, 6.45) is 6.40. The summed E-state index contributed by atoms with van der Waals surface area (Å²) in [7, 11) is 0. The van der Waals surface area contributed by atoms with Gasteiger partial charge in [-0.15, -0.1) is 0 Å². The zero-order valence-electron chi connectivity index (χ0n) is 22.1. The van der Waals surface area contributed by atoms with Crippen LogP contribution in [0.1, 0.15) is 64.0 Å². The normalized spacial score (nSPS) is 19.6. The van der Waals surface area contributed by atoms with Gasteiger partial charge in [-0.25, -0.2) is 4.98 Å². The van der Waals surface area contributed by atoms with Gasteiger partial charge in [0.15, 0.2) is 0 Å². The monoisotopic (exact) mass is 524 g/mol. The van der Waals surface area contributed by atoms with Crippen LogP contribution in [0.3, 0.4) is 0 Å². The van der Waals surface area contributed by atoms with E-state index in [2.05, 4.69) is 42.0 Å². The van der Waals surface area contributed by atoms with Crippen molar-refractivity contribution in [3.05, 3.63) is 46.6 Å². The van der Waals surface area contributed by atoms with Crippen LogP contribution in [-0.2, 0) is 21.4 Å². The molecular formula is C29H37ClN4O3. The van der Waals surface area contributed by atoms with E-state index in [-0.39, 0.29) is 17.9 Å². The van der Waals surface area contributed by atoms with Crippen LogP contribution in [0.2, 0.25) is 5.02 Å². The van der Waals surface area contributed by atoms with Crippen LogP contribution in [0.5, 0.6) is 5.75 Å². The minimum Gasteiger partial charge on any atom is -0.491 e. The number of amides is 2. The Morgan fingerprint density at radius 2 is 1.95 bits per heavy atom. The first-order valence-corrected chi connectivity index (χ1v) is 14.0. The summed E-state index contributed by atoms with van der Waals surface area (Å²) in [5, 5.41) is 3.71. The Morgan fingerprint density at radius 3 is 2.68 bits per heavy atom. The van der Waals surface area contributed by atoms with Gasteiger partial charge >= 0.3 is 0 Å². The molecule has 1 atom stereocenters. The third-order valence-corrected chi connectivity index (χ3v) is 8.40. The average molecular weight is 525 g/mol. The molecule has 1 fully saturated rings. The lowest BCUT2D eigenvalue weighted by Crippen LogP contribution is -2.47. The summed E-state index contributed by atoms with van der Waals surface area (Å²) in [4.78, 5) is 34.6. The van der Waals surface area contributed by atoms with Crippen molar-refractivity contribution in [2.24, 2.45) is 5.92 Å². The highest BCUT2D eigenvalue weighted by atomic mass is 35.5. The van der Waals surface area contributed by atoms with Gasteiger partial charge in [0.25, 0.3) is 0 Å². The molecule has 1 saturated heterocycles. The zero-order valence-corrected chi connectivity index (χ0v) is 22.8. The van der Waals surface area contributed by atoms with Crippen molar-refractivity contribution in [1.29, 1.82) is 0 Å². The molecular weight excluding hydrogens is 488 g/mol. The standard InChI is InChI=1S/C29H37ClN4O3/c1-4-22(15-19(2)3)34-26(35)8-5-20-16-23(18-31-27(20)34)37-14-13-33-11-9-29(10-12-33)24-17-21(30)6-7-25(24)32-28(29)36/h6-7,16-19,22H,4-5,8-15H2,1-3H3,(H,32,36). The number of carbonyl (C=O) groups is 2. The highest BCUT2D eigenvalue weighted by Crippen LogP contribution is 2.45. The predicted molar refractivity (Wildman–Crippen MR) is 147 cm³/mol. The average Bonchev–Trinajstić information content (AvgIpc) is 3.14. The number of carbonyl (C=O) groups excluding carboxylic acids is 2. The first-order chi connectivity index (χ1) is 17.8. The number of fused-ring (bicyclic) bond motifs is 3. The van der Waals surface area contributed by atoms with Crippen molar-refractivity contribution < 1.29 is 14.3 Å². The zero-order chi connectivity index (χ0) is 26.2. The van der Waals surface area contributed by atoms with Crippen LogP contribution < -0.4 is 15.0 Å². The molecule has 1 N–H and O–H groups in total. The van der Waals surface area contributed by atoms with Crippen molar-refractivity contribution in [1.82, 2.24) is 9.88 Å². The van der Waals surface area contributed by atoms with E-state index in [0.717, 1.165) is 73.7 Å². The number of hydrogen-bond acceptors (Lipinski definition) is 5. The molecule has 3 aliphatic heterocycles. The topological polar surface area (TPSA) is 74.8 Å². The third kappa shape index (κ3) is 5.08. The van der Waals surface area contributed by atoms with E-state index in [0.29, 0.717) is 30.4 Å². The van der Waals surface area contributed by atoms with Gasteiger partial charge in [-0.05, 0) is 86.5 Å². The molecule has 0 radical (unpaired) electrons. The summed E-state index contributed by atoms with van der Waals surface area (Å²) in [5.41, 5.74) is 2.53. The number of pyridine rings is 1. The largest absolute Gasteiger partial charge is 0.491 e. The van der Waals surface area contributed by atoms with Crippen molar-refractivity contribution >= 4 is 34.9 Å². The van der Waals surface area contributed by atoms with Crippen LogP contribution in [0.4, 0.5) is 11.5 Å². The number of aryl methyl sites for hydroxylation is 1. The minimum absolute atomic E-state index is 0.0898. The van der Waals surface area contributed by atoms with E-state index in [1.807, 2.05) is 23.1 Å². The molecule has 1 unspecified atom stereocenters. The number of piperidine rings is 1. The molecule has 2 aromatic rings. The number of nitrogens with zero attached hydrogens (tertiary/aromatic N) is 3. The highest BCUT2D eigenvalue weighted by molar-refractivity contribution is 6.31. The minimum atomic E-state index is -0.477. The molecule has 1 aromatic carbocycles. The van der Waals surface area contributed by atoms with E-state index in [1.165, 1.54) is 0 Å². The van der Waals surface area contributed by atoms with E-state index >= 15 is 0 Å². The third-order valence-electron chi connectivity index (χ3n) is 8.17. The first kappa shape index (κ1) is 26.0. The SMILES string of the molecule is CCC(CC(C)C)N1C(=O)CCc2cc(OCCN3CCC4(CC3)C(=O)Nc3ccc(Cl)cc34)cnc21. The molecule has 1 spiro atoms. The number of halogens is 1. The fourth-order valence-electron chi connectivity index (χ4n) is 6.15. The van der Waals surface area contributed by atoms with Crippen molar-refractivity contribution in [3.63, 3.8) is 0 Å². The summed E-state index contributed by atoms with van der Waals surface area (Å²) in [6, 6.07) is 7.90. The first-order valence-electron chi connectivity index (χ1n) is 13.6. The lowest BCUT2D eigenvalue weighted by atomic mass is 9.73. The van der Waals surface area contributed by atoms with Gasteiger partial charge in [0.2, 0.25) is 11.8 Å². The smallest absolute Gasteiger partial charge is 0.235 e. The van der Waals surface area contributed by atoms with Gasteiger partial charge < -0.3 is 10.1 Å². The van der Waals surface area contributed by atoms with Gasteiger partial charge in [-0.2, -0.15) is 0 Å². The van der Waals surface area contributed by atoms with Gasteiger partial charge in [0.1, 0.15) is 18.2 Å². The molecule has 4 heterocycles. The van der Waals surface area contributed by atoms with Crippen molar-refractivity contribution in [2.75, 3.05) is 36.5 Å². The molecule has 0 bridgehead atoms. The summed E-state index contributed by atoms with van der Waals surface area (Å²) < 4.78 is 6.09. The number of rotatable bonds is 8.